The fourth-order valence-electron chi connectivity index (χ4n) is 1.07. The lowest BCUT2D eigenvalue weighted by Crippen LogP contribution is -2.10. The molecule has 9 heavy (non-hydrogen) atoms. The SMILES string of the molecule is C=S1C=C(CCC)C1C. The predicted octanol–water partition coefficient (Wildman–Crippen LogP) is 2.77. The Hall–Kier alpha value is -0.0400. The second-order valence-corrected chi connectivity index (χ2v) is 4.44. The zero-order valence-corrected chi connectivity index (χ0v) is 7.00. The highest BCUT2D eigenvalue weighted by Crippen LogP contribution is 2.39. The summed E-state index contributed by atoms with van der Waals surface area (Å²) in [7, 11) is 0.370. The first-order chi connectivity index (χ1) is 4.25. The van der Waals surface area contributed by atoms with Gasteiger partial charge in [0.15, 0.2) is 0 Å². The van der Waals surface area contributed by atoms with Crippen molar-refractivity contribution in [3.63, 3.8) is 0 Å². The van der Waals surface area contributed by atoms with Crippen molar-refractivity contribution in [1.29, 1.82) is 0 Å². The number of rotatable bonds is 2. The van der Waals surface area contributed by atoms with Gasteiger partial charge >= 0.3 is 0 Å². The van der Waals surface area contributed by atoms with Gasteiger partial charge in [-0.05, 0) is 18.8 Å². The molecule has 0 nitrogen and oxygen atoms in total. The fraction of sp³-hybridized carbons (Fsp3) is 0.625. The Bertz CT molecular complexity index is 156. The molecule has 0 aromatic rings. The van der Waals surface area contributed by atoms with Crippen LogP contribution in [-0.2, 0) is 0 Å². The van der Waals surface area contributed by atoms with E-state index in [0.29, 0.717) is 10.5 Å². The normalized spacial score (nSPS) is 33.3. The van der Waals surface area contributed by atoms with Gasteiger partial charge < -0.3 is 0 Å². The summed E-state index contributed by atoms with van der Waals surface area (Å²) in [5.41, 5.74) is 1.64. The number of hydrogen-bond acceptors (Lipinski definition) is 0. The summed E-state index contributed by atoms with van der Waals surface area (Å²) in [6, 6.07) is 0. The summed E-state index contributed by atoms with van der Waals surface area (Å²) >= 11 is 0. The van der Waals surface area contributed by atoms with Crippen molar-refractivity contribution >= 4 is 16.4 Å². The average Bonchev–Trinajstić information content (AvgIpc) is 1.88. The van der Waals surface area contributed by atoms with Gasteiger partial charge in [0, 0.05) is 5.25 Å². The molecule has 1 rings (SSSR count). The lowest BCUT2D eigenvalue weighted by atomic mass is 10.1. The van der Waals surface area contributed by atoms with Crippen molar-refractivity contribution in [3.05, 3.63) is 11.0 Å². The van der Waals surface area contributed by atoms with E-state index in [1.54, 1.807) is 5.57 Å². The molecule has 2 unspecified atom stereocenters. The van der Waals surface area contributed by atoms with Gasteiger partial charge in [0.05, 0.1) is 0 Å². The molecule has 0 aromatic heterocycles. The minimum Gasteiger partial charge on any atom is -0.162 e. The Balaban J connectivity index is 2.47. The third-order valence-corrected chi connectivity index (χ3v) is 3.63. The molecule has 0 bridgehead atoms. The van der Waals surface area contributed by atoms with E-state index in [1.165, 1.54) is 12.8 Å². The van der Waals surface area contributed by atoms with E-state index in [9.17, 15) is 0 Å². The van der Waals surface area contributed by atoms with E-state index in [4.69, 9.17) is 0 Å². The second-order valence-electron chi connectivity index (χ2n) is 2.55. The van der Waals surface area contributed by atoms with Gasteiger partial charge in [-0.1, -0.05) is 24.8 Å². The molecule has 0 aromatic carbocycles. The van der Waals surface area contributed by atoms with E-state index in [-0.39, 0.29) is 0 Å². The summed E-state index contributed by atoms with van der Waals surface area (Å²) in [6.07, 6.45) is 2.58. The molecule has 0 radical (unpaired) electrons. The van der Waals surface area contributed by atoms with Gasteiger partial charge in [-0.15, -0.1) is 0 Å². The van der Waals surface area contributed by atoms with Gasteiger partial charge in [0.25, 0.3) is 0 Å². The third kappa shape index (κ3) is 1.26. The monoisotopic (exact) mass is 142 g/mol. The van der Waals surface area contributed by atoms with E-state index < -0.39 is 0 Å². The van der Waals surface area contributed by atoms with Crippen LogP contribution in [-0.4, -0.2) is 11.1 Å². The topological polar surface area (TPSA) is 0 Å². The zero-order chi connectivity index (χ0) is 6.85. The standard InChI is InChI=1S/C8H14S/c1-4-5-8-6-9(3)7(8)2/h6-7H,3-5H2,1-2H3. The Labute approximate surface area is 59.9 Å². The van der Waals surface area contributed by atoms with Crippen molar-refractivity contribution in [2.24, 2.45) is 0 Å². The van der Waals surface area contributed by atoms with Crippen LogP contribution in [0.5, 0.6) is 0 Å². The Kier molecular flexibility index (Phi) is 2.12. The Morgan fingerprint density at radius 3 is 2.78 bits per heavy atom. The fourth-order valence-corrected chi connectivity index (χ4v) is 2.33. The zero-order valence-electron chi connectivity index (χ0n) is 6.18. The first-order valence-electron chi connectivity index (χ1n) is 3.48. The average molecular weight is 142 g/mol. The predicted molar refractivity (Wildman–Crippen MR) is 47.2 cm³/mol. The van der Waals surface area contributed by atoms with Crippen molar-refractivity contribution < 1.29 is 0 Å². The lowest BCUT2D eigenvalue weighted by Gasteiger charge is -2.26. The molecule has 0 amide bonds. The lowest BCUT2D eigenvalue weighted by molar-refractivity contribution is 0.859. The molecule has 1 heteroatoms. The molecular formula is C8H14S. The molecule has 0 aliphatic carbocycles. The van der Waals surface area contributed by atoms with Crippen LogP contribution in [0.2, 0.25) is 0 Å². The summed E-state index contributed by atoms with van der Waals surface area (Å²) in [4.78, 5) is 0. The molecule has 52 valence electrons. The van der Waals surface area contributed by atoms with Gasteiger partial charge in [-0.25, -0.2) is 0 Å². The van der Waals surface area contributed by atoms with Crippen molar-refractivity contribution in [1.82, 2.24) is 0 Å². The van der Waals surface area contributed by atoms with Crippen molar-refractivity contribution in [2.45, 2.75) is 31.9 Å². The smallest absolute Gasteiger partial charge is 0.0219 e. The van der Waals surface area contributed by atoms with Crippen LogP contribution in [0.3, 0.4) is 0 Å². The van der Waals surface area contributed by atoms with Crippen LogP contribution in [0.25, 0.3) is 0 Å². The first kappa shape index (κ1) is 7.07. The van der Waals surface area contributed by atoms with E-state index in [2.05, 4.69) is 25.1 Å². The maximum atomic E-state index is 4.01. The van der Waals surface area contributed by atoms with Crippen LogP contribution < -0.4 is 0 Å². The van der Waals surface area contributed by atoms with Crippen LogP contribution >= 0.6 is 10.5 Å². The number of hydrogen-bond donors (Lipinski definition) is 0. The molecule has 0 saturated heterocycles. The second kappa shape index (κ2) is 2.70. The molecule has 0 spiro atoms. The van der Waals surface area contributed by atoms with Crippen molar-refractivity contribution in [3.8, 4) is 0 Å². The van der Waals surface area contributed by atoms with Gasteiger partial charge in [0.2, 0.25) is 0 Å². The maximum Gasteiger partial charge on any atom is 0.0219 e. The molecular weight excluding hydrogens is 128 g/mol. The van der Waals surface area contributed by atoms with Gasteiger partial charge in [0.1, 0.15) is 0 Å². The van der Waals surface area contributed by atoms with Crippen LogP contribution in [0.4, 0.5) is 0 Å². The van der Waals surface area contributed by atoms with Crippen molar-refractivity contribution in [2.75, 3.05) is 0 Å². The summed E-state index contributed by atoms with van der Waals surface area (Å²) in [6.45, 7) is 4.51. The summed E-state index contributed by atoms with van der Waals surface area (Å²) in [5.74, 6) is 4.01. The highest BCUT2D eigenvalue weighted by molar-refractivity contribution is 8.18. The Morgan fingerprint density at radius 2 is 2.44 bits per heavy atom. The van der Waals surface area contributed by atoms with E-state index in [1.807, 2.05) is 0 Å². The van der Waals surface area contributed by atoms with E-state index in [0.717, 1.165) is 5.25 Å². The molecule has 0 N–H and O–H groups in total. The Morgan fingerprint density at radius 1 is 1.78 bits per heavy atom. The van der Waals surface area contributed by atoms with Crippen LogP contribution in [0.15, 0.2) is 11.0 Å². The summed E-state index contributed by atoms with van der Waals surface area (Å²) < 4.78 is 0. The van der Waals surface area contributed by atoms with Crippen LogP contribution in [0, 0.1) is 0 Å². The summed E-state index contributed by atoms with van der Waals surface area (Å²) in [5, 5.41) is 3.12. The highest BCUT2D eigenvalue weighted by Gasteiger charge is 2.17. The molecule has 1 heterocycles. The third-order valence-electron chi connectivity index (χ3n) is 1.82. The largest absolute Gasteiger partial charge is 0.162 e. The molecule has 1 aliphatic rings. The highest BCUT2D eigenvalue weighted by atomic mass is 32.2. The molecule has 1 aliphatic heterocycles. The maximum absolute atomic E-state index is 4.01. The minimum absolute atomic E-state index is 0.370. The minimum atomic E-state index is 0.370. The molecule has 0 fully saturated rings. The van der Waals surface area contributed by atoms with Gasteiger partial charge in [-0.3, -0.25) is 0 Å². The van der Waals surface area contributed by atoms with Gasteiger partial charge in [-0.2, -0.15) is 10.5 Å². The van der Waals surface area contributed by atoms with Crippen LogP contribution in [0.1, 0.15) is 26.7 Å². The molecule has 0 saturated carbocycles. The first-order valence-corrected chi connectivity index (χ1v) is 5.00. The molecule has 2 atom stereocenters. The van der Waals surface area contributed by atoms with E-state index >= 15 is 0 Å². The quantitative estimate of drug-likeness (QED) is 0.520.